The molecule has 2 amide bonds. The van der Waals surface area contributed by atoms with Gasteiger partial charge in [-0.3, -0.25) is 9.59 Å². The quantitative estimate of drug-likeness (QED) is 0.340. The van der Waals surface area contributed by atoms with E-state index in [2.05, 4.69) is 45.5 Å². The summed E-state index contributed by atoms with van der Waals surface area (Å²) >= 11 is 3.47. The Bertz CT molecular complexity index is 1020. The van der Waals surface area contributed by atoms with Gasteiger partial charge in [-0.15, -0.1) is 0 Å². The van der Waals surface area contributed by atoms with Crippen molar-refractivity contribution in [3.8, 4) is 0 Å². The lowest BCUT2D eigenvalue weighted by molar-refractivity contribution is -0.141. The second-order valence-corrected chi connectivity index (χ2v) is 9.64. The Morgan fingerprint density at radius 1 is 0.853 bits per heavy atom. The van der Waals surface area contributed by atoms with Gasteiger partial charge < -0.3 is 10.2 Å². The zero-order valence-corrected chi connectivity index (χ0v) is 21.7. The maximum Gasteiger partial charge on any atom is 0.242 e. The largest absolute Gasteiger partial charge is 0.352 e. The molecule has 3 rings (SSSR count). The third-order valence-electron chi connectivity index (χ3n) is 6.22. The van der Waals surface area contributed by atoms with Crippen LogP contribution in [0.25, 0.3) is 0 Å². The van der Waals surface area contributed by atoms with Crippen molar-refractivity contribution in [2.75, 3.05) is 0 Å². The van der Waals surface area contributed by atoms with Crippen LogP contribution in [0.2, 0.25) is 0 Å². The van der Waals surface area contributed by atoms with Gasteiger partial charge in [0.05, 0.1) is 0 Å². The number of carbonyl (C=O) groups excluding carboxylic acids is 2. The molecule has 5 heteroatoms. The van der Waals surface area contributed by atoms with Gasteiger partial charge in [0.1, 0.15) is 6.04 Å². The van der Waals surface area contributed by atoms with Gasteiger partial charge in [-0.2, -0.15) is 0 Å². The summed E-state index contributed by atoms with van der Waals surface area (Å²) in [5, 5.41) is 3.04. The minimum atomic E-state index is -0.586. The van der Waals surface area contributed by atoms with Gasteiger partial charge in [0, 0.05) is 29.4 Å². The number of benzene rings is 3. The Morgan fingerprint density at radius 3 is 1.88 bits per heavy atom. The highest BCUT2D eigenvalue weighted by Crippen LogP contribution is 2.29. The maximum absolute atomic E-state index is 13.8. The number of halogens is 1. The van der Waals surface area contributed by atoms with E-state index >= 15 is 0 Å². The standard InChI is InChI=1S/C29H33BrN2O2/c1-4-21(2)31-29(34)22(3)32(20-23-15-17-26(30)18-16-23)28(33)19-27(24-11-7-5-8-12-24)25-13-9-6-10-14-25/h5-18,21-22,27H,4,19-20H2,1-3H3,(H,31,34)/t21-,22+/m1/s1. The van der Waals surface area contributed by atoms with E-state index in [1.54, 1.807) is 4.90 Å². The number of amides is 2. The molecule has 0 saturated heterocycles. The number of nitrogens with zero attached hydrogens (tertiary/aromatic N) is 1. The maximum atomic E-state index is 13.8. The minimum Gasteiger partial charge on any atom is -0.352 e. The highest BCUT2D eigenvalue weighted by atomic mass is 79.9. The van der Waals surface area contributed by atoms with Crippen molar-refractivity contribution < 1.29 is 9.59 Å². The van der Waals surface area contributed by atoms with Crippen LogP contribution in [0.3, 0.4) is 0 Å². The SMILES string of the molecule is CC[C@@H](C)NC(=O)[C@H](C)N(Cc1ccc(Br)cc1)C(=O)CC(c1ccccc1)c1ccccc1. The summed E-state index contributed by atoms with van der Waals surface area (Å²) in [6.45, 7) is 6.20. The molecular weight excluding hydrogens is 488 g/mol. The molecule has 0 unspecified atom stereocenters. The van der Waals surface area contributed by atoms with E-state index in [9.17, 15) is 9.59 Å². The van der Waals surface area contributed by atoms with Gasteiger partial charge in [0.15, 0.2) is 0 Å². The van der Waals surface area contributed by atoms with Crippen LogP contribution in [0.5, 0.6) is 0 Å². The van der Waals surface area contributed by atoms with E-state index in [1.165, 1.54) is 0 Å². The van der Waals surface area contributed by atoms with Crippen molar-refractivity contribution in [3.05, 3.63) is 106 Å². The van der Waals surface area contributed by atoms with Crippen molar-refractivity contribution in [1.29, 1.82) is 0 Å². The molecule has 3 aromatic carbocycles. The summed E-state index contributed by atoms with van der Waals surface area (Å²) in [4.78, 5) is 28.5. The first-order valence-electron chi connectivity index (χ1n) is 11.8. The Labute approximate surface area is 211 Å². The number of nitrogens with one attached hydrogen (secondary N) is 1. The number of hydrogen-bond donors (Lipinski definition) is 1. The fraction of sp³-hybridized carbons (Fsp3) is 0.310. The molecular formula is C29H33BrN2O2. The summed E-state index contributed by atoms with van der Waals surface area (Å²) < 4.78 is 0.977. The molecule has 0 aliphatic rings. The fourth-order valence-corrected chi connectivity index (χ4v) is 4.19. The average Bonchev–Trinajstić information content (AvgIpc) is 2.87. The molecule has 178 valence electrons. The van der Waals surface area contributed by atoms with E-state index in [-0.39, 0.29) is 30.2 Å². The lowest BCUT2D eigenvalue weighted by Crippen LogP contribution is -2.49. The summed E-state index contributed by atoms with van der Waals surface area (Å²) in [6.07, 6.45) is 1.12. The second-order valence-electron chi connectivity index (χ2n) is 8.72. The number of carbonyl (C=O) groups is 2. The topological polar surface area (TPSA) is 49.4 Å². The Morgan fingerprint density at radius 2 is 1.38 bits per heavy atom. The lowest BCUT2D eigenvalue weighted by Gasteiger charge is -2.31. The summed E-state index contributed by atoms with van der Waals surface area (Å²) in [7, 11) is 0. The van der Waals surface area contributed by atoms with Crippen LogP contribution in [0, 0.1) is 0 Å². The Kier molecular flexibility index (Phi) is 9.46. The van der Waals surface area contributed by atoms with Gasteiger partial charge in [-0.05, 0) is 49.1 Å². The predicted molar refractivity (Wildman–Crippen MR) is 141 cm³/mol. The predicted octanol–water partition coefficient (Wildman–Crippen LogP) is 6.30. The van der Waals surface area contributed by atoms with Gasteiger partial charge in [0.25, 0.3) is 0 Å². The third-order valence-corrected chi connectivity index (χ3v) is 6.75. The highest BCUT2D eigenvalue weighted by molar-refractivity contribution is 9.10. The van der Waals surface area contributed by atoms with Gasteiger partial charge >= 0.3 is 0 Å². The molecule has 0 fully saturated rings. The van der Waals surface area contributed by atoms with Crippen LogP contribution in [0.15, 0.2) is 89.4 Å². The molecule has 0 spiro atoms. The summed E-state index contributed by atoms with van der Waals surface area (Å²) in [5.74, 6) is -0.268. The van der Waals surface area contributed by atoms with E-state index in [1.807, 2.05) is 81.4 Å². The summed E-state index contributed by atoms with van der Waals surface area (Å²) in [5.41, 5.74) is 3.15. The van der Waals surface area contributed by atoms with Crippen LogP contribution >= 0.6 is 15.9 Å². The molecule has 0 radical (unpaired) electrons. The first-order chi connectivity index (χ1) is 16.4. The minimum absolute atomic E-state index is 0.0487. The Balaban J connectivity index is 1.90. The third kappa shape index (κ3) is 7.04. The van der Waals surface area contributed by atoms with Crippen molar-refractivity contribution in [3.63, 3.8) is 0 Å². The number of hydrogen-bond acceptors (Lipinski definition) is 2. The molecule has 0 aromatic heterocycles. The van der Waals surface area contributed by atoms with Gasteiger partial charge in [-0.1, -0.05) is 95.7 Å². The van der Waals surface area contributed by atoms with E-state index in [0.717, 1.165) is 27.6 Å². The van der Waals surface area contributed by atoms with Crippen molar-refractivity contribution in [2.45, 2.75) is 58.2 Å². The molecule has 0 aliphatic heterocycles. The normalized spacial score (nSPS) is 12.7. The lowest BCUT2D eigenvalue weighted by atomic mass is 9.88. The van der Waals surface area contributed by atoms with Crippen molar-refractivity contribution in [2.24, 2.45) is 0 Å². The van der Waals surface area contributed by atoms with Crippen molar-refractivity contribution in [1.82, 2.24) is 10.2 Å². The van der Waals surface area contributed by atoms with Crippen LogP contribution < -0.4 is 5.32 Å². The van der Waals surface area contributed by atoms with Gasteiger partial charge in [-0.25, -0.2) is 0 Å². The molecule has 3 aromatic rings. The first-order valence-corrected chi connectivity index (χ1v) is 12.6. The monoisotopic (exact) mass is 520 g/mol. The molecule has 34 heavy (non-hydrogen) atoms. The summed E-state index contributed by atoms with van der Waals surface area (Å²) in [6, 6.07) is 27.5. The molecule has 0 bridgehead atoms. The van der Waals surface area contributed by atoms with E-state index in [0.29, 0.717) is 6.54 Å². The van der Waals surface area contributed by atoms with Crippen LogP contribution in [-0.2, 0) is 16.1 Å². The molecule has 0 saturated carbocycles. The molecule has 0 aliphatic carbocycles. The second kappa shape index (κ2) is 12.5. The average molecular weight is 521 g/mol. The smallest absolute Gasteiger partial charge is 0.242 e. The zero-order chi connectivity index (χ0) is 24.5. The first kappa shape index (κ1) is 25.7. The molecule has 4 nitrogen and oxygen atoms in total. The zero-order valence-electron chi connectivity index (χ0n) is 20.1. The van der Waals surface area contributed by atoms with E-state index < -0.39 is 6.04 Å². The fourth-order valence-electron chi connectivity index (χ4n) is 3.93. The van der Waals surface area contributed by atoms with Gasteiger partial charge in [0.2, 0.25) is 11.8 Å². The molecule has 2 atom stereocenters. The van der Waals surface area contributed by atoms with E-state index in [4.69, 9.17) is 0 Å². The number of rotatable bonds is 10. The molecule has 0 heterocycles. The molecule has 1 N–H and O–H groups in total. The van der Waals surface area contributed by atoms with Crippen LogP contribution in [-0.4, -0.2) is 28.8 Å². The highest BCUT2D eigenvalue weighted by Gasteiger charge is 2.29. The van der Waals surface area contributed by atoms with Crippen LogP contribution in [0.1, 0.15) is 56.2 Å². The van der Waals surface area contributed by atoms with Crippen molar-refractivity contribution >= 4 is 27.7 Å². The van der Waals surface area contributed by atoms with Crippen LogP contribution in [0.4, 0.5) is 0 Å². The Hall–Kier alpha value is -2.92.